The summed E-state index contributed by atoms with van der Waals surface area (Å²) in [6.07, 6.45) is -1.96. The van der Waals surface area contributed by atoms with Gasteiger partial charge in [-0.2, -0.15) is 13.2 Å². The van der Waals surface area contributed by atoms with Gasteiger partial charge in [0.25, 0.3) is 5.91 Å². The third kappa shape index (κ3) is 7.55. The first-order valence-corrected chi connectivity index (χ1v) is 9.54. The number of rotatable bonds is 3. The molecule has 0 atom stereocenters. The number of anilines is 1. The smallest absolute Gasteiger partial charge is 0.418 e. The van der Waals surface area contributed by atoms with Crippen molar-refractivity contribution < 1.29 is 63.0 Å². The first kappa shape index (κ1) is 30.0. The standard InChI is InChI=1S/C18H22F5N3O.CH4O.H2N.U/c1-11-13(18(21,22)23)10-24-15(14(11)16(27)25-12-4-2-5-12)26-8-3-6-17(19,20)7-9-26;1-2;;/h10,12H,2-9H2,1H3,(H,25,27);2H,1H3;1H2;/q;;-1;. The van der Waals surface area contributed by atoms with Crippen LogP contribution in [0, 0.1) is 38.0 Å². The van der Waals surface area contributed by atoms with E-state index in [4.69, 9.17) is 5.11 Å². The Kier molecular flexibility index (Phi) is 11.9. The fraction of sp³-hybridized carbons (Fsp3) is 0.684. The van der Waals surface area contributed by atoms with E-state index in [-0.39, 0.29) is 86.2 Å². The van der Waals surface area contributed by atoms with Crippen LogP contribution in [0.15, 0.2) is 6.20 Å². The molecule has 0 radical (unpaired) electrons. The van der Waals surface area contributed by atoms with Gasteiger partial charge in [-0.05, 0) is 38.2 Å². The molecule has 2 aliphatic rings. The second kappa shape index (κ2) is 12.3. The fourth-order valence-corrected chi connectivity index (χ4v) is 3.47. The Hall–Kier alpha value is -0.958. The predicted octanol–water partition coefficient (Wildman–Crippen LogP) is 4.64. The molecule has 0 unspecified atom stereocenters. The van der Waals surface area contributed by atoms with E-state index in [0.29, 0.717) is 6.20 Å². The maximum Gasteiger partial charge on any atom is 0.418 e. The van der Waals surface area contributed by atoms with E-state index in [1.54, 1.807) is 0 Å². The molecule has 1 saturated carbocycles. The number of hydrogen-bond donors (Lipinski definition) is 2. The predicted molar refractivity (Wildman–Crippen MR) is 104 cm³/mol. The molecule has 1 aliphatic heterocycles. The number of nitrogens with one attached hydrogen (secondary N) is 1. The summed E-state index contributed by atoms with van der Waals surface area (Å²) in [5.41, 5.74) is -1.37. The van der Waals surface area contributed by atoms with Crippen molar-refractivity contribution in [2.75, 3.05) is 25.1 Å². The van der Waals surface area contributed by atoms with Gasteiger partial charge in [-0.1, -0.05) is 0 Å². The SMILES string of the molecule is CO.Cc1c(C(F)(F)F)cnc(N2CCCC(F)(F)CC2)c1C(=O)NC1CCC1.[NH2-].[U]. The molecule has 0 aromatic carbocycles. The number of aliphatic hydroxyl groups excluding tert-OH is 1. The Balaban J connectivity index is 0.00000219. The fourth-order valence-electron chi connectivity index (χ4n) is 3.47. The van der Waals surface area contributed by atoms with Crippen LogP contribution in [0.3, 0.4) is 0 Å². The second-order valence-electron chi connectivity index (χ2n) is 7.29. The van der Waals surface area contributed by atoms with Crippen molar-refractivity contribution in [3.63, 3.8) is 0 Å². The Morgan fingerprint density at radius 3 is 2.32 bits per heavy atom. The van der Waals surface area contributed by atoms with E-state index in [1.165, 1.54) is 11.8 Å². The van der Waals surface area contributed by atoms with Crippen LogP contribution in [-0.2, 0) is 6.18 Å². The number of halogens is 5. The Morgan fingerprint density at radius 1 is 1.19 bits per heavy atom. The van der Waals surface area contributed by atoms with Gasteiger partial charge in [-0.3, -0.25) is 4.79 Å². The van der Waals surface area contributed by atoms with E-state index in [0.717, 1.165) is 26.4 Å². The Labute approximate surface area is 202 Å². The normalized spacial score (nSPS) is 18.3. The van der Waals surface area contributed by atoms with Gasteiger partial charge in [-0.25, -0.2) is 13.8 Å². The van der Waals surface area contributed by atoms with Crippen molar-refractivity contribution >= 4 is 11.7 Å². The summed E-state index contributed by atoms with van der Waals surface area (Å²) in [5, 5.41) is 9.74. The number of nitrogens with two attached hydrogens (primary N) is 1. The van der Waals surface area contributed by atoms with E-state index in [1.807, 2.05) is 0 Å². The van der Waals surface area contributed by atoms with Gasteiger partial charge >= 0.3 is 6.18 Å². The molecule has 12 heteroatoms. The van der Waals surface area contributed by atoms with E-state index in [2.05, 4.69) is 10.3 Å². The molecule has 1 aromatic rings. The topological polar surface area (TPSA) is 99.0 Å². The van der Waals surface area contributed by atoms with Gasteiger partial charge in [0.2, 0.25) is 5.92 Å². The summed E-state index contributed by atoms with van der Waals surface area (Å²) >= 11 is 0. The van der Waals surface area contributed by atoms with Crippen molar-refractivity contribution in [3.05, 3.63) is 29.0 Å². The third-order valence-electron chi connectivity index (χ3n) is 5.31. The van der Waals surface area contributed by atoms with E-state index >= 15 is 0 Å². The minimum absolute atomic E-state index is 0. The number of carbonyl (C=O) groups is 1. The third-order valence-corrected chi connectivity index (χ3v) is 5.31. The molecule has 4 N–H and O–H groups in total. The van der Waals surface area contributed by atoms with Crippen LogP contribution in [-0.4, -0.2) is 48.2 Å². The molecule has 31 heavy (non-hydrogen) atoms. The number of hydrogen-bond acceptors (Lipinski definition) is 4. The quantitative estimate of drug-likeness (QED) is 0.456. The summed E-state index contributed by atoms with van der Waals surface area (Å²) in [7, 11) is 1.00. The van der Waals surface area contributed by atoms with Crippen LogP contribution in [0.1, 0.15) is 60.0 Å². The largest absolute Gasteiger partial charge is 0.693 e. The number of carbonyl (C=O) groups excluding carboxylic acids is 1. The number of aromatic nitrogens is 1. The number of amides is 1. The van der Waals surface area contributed by atoms with Crippen LogP contribution in [0.25, 0.3) is 6.15 Å². The minimum Gasteiger partial charge on any atom is -0.693 e. The molecule has 176 valence electrons. The summed E-state index contributed by atoms with van der Waals surface area (Å²) in [4.78, 5) is 18.1. The van der Waals surface area contributed by atoms with Crippen molar-refractivity contribution in [3.8, 4) is 0 Å². The summed E-state index contributed by atoms with van der Waals surface area (Å²) in [6, 6.07) is -0.0623. The zero-order valence-corrected chi connectivity index (χ0v) is 21.7. The minimum atomic E-state index is -4.65. The van der Waals surface area contributed by atoms with Crippen molar-refractivity contribution in [2.24, 2.45) is 0 Å². The molecule has 1 saturated heterocycles. The van der Waals surface area contributed by atoms with Crippen molar-refractivity contribution in [1.82, 2.24) is 10.3 Å². The molecular weight excluding hydrogens is 649 g/mol. The molecule has 6 nitrogen and oxygen atoms in total. The molecule has 0 bridgehead atoms. The van der Waals surface area contributed by atoms with Gasteiger partial charge in [0, 0.05) is 76.4 Å². The average Bonchev–Trinajstić information content (AvgIpc) is 2.79. The van der Waals surface area contributed by atoms with Crippen LogP contribution < -0.4 is 10.2 Å². The zero-order valence-electron chi connectivity index (χ0n) is 17.5. The van der Waals surface area contributed by atoms with Gasteiger partial charge in [-0.15, -0.1) is 0 Å². The molecule has 1 amide bonds. The van der Waals surface area contributed by atoms with Crippen LogP contribution in [0.2, 0.25) is 0 Å². The molecule has 1 aromatic heterocycles. The summed E-state index contributed by atoms with van der Waals surface area (Å²) in [6.45, 7) is 1.39. The van der Waals surface area contributed by atoms with E-state index < -0.39 is 30.0 Å². The second-order valence-corrected chi connectivity index (χ2v) is 7.29. The summed E-state index contributed by atoms with van der Waals surface area (Å²) < 4.78 is 67.2. The number of aliphatic hydroxyl groups is 1. The van der Waals surface area contributed by atoms with Crippen LogP contribution in [0.5, 0.6) is 0 Å². The molecule has 0 spiro atoms. The first-order chi connectivity index (χ1) is 13.6. The molecule has 1 aliphatic carbocycles. The number of alkyl halides is 5. The average molecular weight is 677 g/mol. The number of nitrogens with zero attached hydrogens (tertiary/aromatic N) is 2. The van der Waals surface area contributed by atoms with Crippen molar-refractivity contribution in [2.45, 2.75) is 63.6 Å². The van der Waals surface area contributed by atoms with Gasteiger partial charge in [0.1, 0.15) is 5.82 Å². The first-order valence-electron chi connectivity index (χ1n) is 9.54. The van der Waals surface area contributed by atoms with E-state index in [9.17, 15) is 26.7 Å². The Morgan fingerprint density at radius 2 is 1.81 bits per heavy atom. The van der Waals surface area contributed by atoms with Crippen molar-refractivity contribution in [1.29, 1.82) is 0 Å². The van der Waals surface area contributed by atoms with Crippen LogP contribution >= 0.6 is 0 Å². The van der Waals surface area contributed by atoms with Gasteiger partial charge in [0.15, 0.2) is 0 Å². The van der Waals surface area contributed by atoms with Gasteiger partial charge in [0.05, 0.1) is 11.1 Å². The Bertz CT molecular complexity index is 730. The molecule has 2 fully saturated rings. The maximum absolute atomic E-state index is 13.7. The number of pyridine rings is 1. The monoisotopic (exact) mass is 677 g/mol. The van der Waals surface area contributed by atoms with Gasteiger partial charge < -0.3 is 21.5 Å². The molecule has 2 heterocycles. The molecular formula is C19H28F5N4O2U-. The zero-order chi connectivity index (χ0) is 21.8. The van der Waals surface area contributed by atoms with Crippen LogP contribution in [0.4, 0.5) is 27.8 Å². The summed E-state index contributed by atoms with van der Waals surface area (Å²) in [5.74, 6) is -3.39. The molecule has 3 rings (SSSR count). The maximum atomic E-state index is 13.7.